The summed E-state index contributed by atoms with van der Waals surface area (Å²) >= 11 is 6.29. The lowest BCUT2D eigenvalue weighted by molar-refractivity contribution is 0.471. The van der Waals surface area contributed by atoms with E-state index in [9.17, 15) is 0 Å². The summed E-state index contributed by atoms with van der Waals surface area (Å²) in [5, 5.41) is 9.42. The molecule has 0 aliphatic heterocycles. The number of anilines is 1. The highest BCUT2D eigenvalue weighted by Gasteiger charge is 2.15. The smallest absolute Gasteiger partial charge is 0.150 e. The van der Waals surface area contributed by atoms with E-state index in [0.717, 1.165) is 48.3 Å². The maximum atomic E-state index is 8.91. The molecule has 0 amide bonds. The minimum atomic E-state index is 0.514. The van der Waals surface area contributed by atoms with Crippen LogP contribution in [0.3, 0.4) is 0 Å². The summed E-state index contributed by atoms with van der Waals surface area (Å²) in [4.78, 5) is 4.50. The molecule has 0 radical (unpaired) electrons. The van der Waals surface area contributed by atoms with Gasteiger partial charge in [0.2, 0.25) is 0 Å². The summed E-state index contributed by atoms with van der Waals surface area (Å²) < 4.78 is 2.14. The summed E-state index contributed by atoms with van der Waals surface area (Å²) in [5.41, 5.74) is 8.56. The van der Waals surface area contributed by atoms with Crippen LogP contribution >= 0.6 is 11.6 Å². The van der Waals surface area contributed by atoms with Crippen molar-refractivity contribution in [2.75, 3.05) is 5.73 Å². The second-order valence-electron chi connectivity index (χ2n) is 5.29. The van der Waals surface area contributed by atoms with Crippen LogP contribution in [0.5, 0.6) is 0 Å². The fourth-order valence-electron chi connectivity index (χ4n) is 2.38. The van der Waals surface area contributed by atoms with Gasteiger partial charge in [-0.05, 0) is 30.2 Å². The minimum absolute atomic E-state index is 0.514. The van der Waals surface area contributed by atoms with Crippen LogP contribution in [0.4, 0.5) is 5.69 Å². The van der Waals surface area contributed by atoms with Crippen molar-refractivity contribution in [3.8, 4) is 0 Å². The molecule has 0 bridgehead atoms. The zero-order chi connectivity index (χ0) is 15.9. The maximum absolute atomic E-state index is 8.91. The number of unbranched alkanes of at least 4 members (excludes halogenated alkanes) is 1. The standard InChI is InChI=1S/C17H22ClN3O/c1-2-3-6-16-20-17(18)15(5-4-11-22)21(16)12-13-7-9-14(19)10-8-13/h4,7-11,22H,2-3,5-6,12,19H2,1H3/b11-4-. The second kappa shape index (κ2) is 7.90. The molecular weight excluding hydrogens is 298 g/mol. The van der Waals surface area contributed by atoms with Gasteiger partial charge in [-0.1, -0.05) is 37.1 Å². The van der Waals surface area contributed by atoms with Crippen LogP contribution in [-0.2, 0) is 19.4 Å². The molecule has 118 valence electrons. The number of imidazole rings is 1. The van der Waals surface area contributed by atoms with E-state index < -0.39 is 0 Å². The fourth-order valence-corrected chi connectivity index (χ4v) is 2.66. The van der Waals surface area contributed by atoms with Crippen molar-refractivity contribution in [2.45, 2.75) is 39.2 Å². The summed E-state index contributed by atoms with van der Waals surface area (Å²) in [5.74, 6) is 0.991. The number of nitrogen functional groups attached to an aromatic ring is 1. The topological polar surface area (TPSA) is 64.1 Å². The quantitative estimate of drug-likeness (QED) is 0.596. The van der Waals surface area contributed by atoms with Gasteiger partial charge in [0, 0.05) is 25.1 Å². The summed E-state index contributed by atoms with van der Waals surface area (Å²) in [6.07, 6.45) is 6.36. The number of aromatic nitrogens is 2. The molecular formula is C17H22ClN3O. The number of hydrogen-bond acceptors (Lipinski definition) is 3. The molecule has 2 rings (SSSR count). The highest BCUT2D eigenvalue weighted by Crippen LogP contribution is 2.22. The molecule has 22 heavy (non-hydrogen) atoms. The highest BCUT2D eigenvalue weighted by molar-refractivity contribution is 6.30. The lowest BCUT2D eigenvalue weighted by atomic mass is 10.2. The van der Waals surface area contributed by atoms with E-state index in [-0.39, 0.29) is 0 Å². The van der Waals surface area contributed by atoms with Crippen molar-refractivity contribution in [1.82, 2.24) is 9.55 Å². The number of allylic oxidation sites excluding steroid dienone is 1. The first-order chi connectivity index (χ1) is 10.7. The van der Waals surface area contributed by atoms with Gasteiger partial charge in [-0.3, -0.25) is 0 Å². The number of nitrogens with two attached hydrogens (primary N) is 1. The first-order valence-corrected chi connectivity index (χ1v) is 7.91. The Balaban J connectivity index is 2.33. The third kappa shape index (κ3) is 4.04. The molecule has 3 N–H and O–H groups in total. The van der Waals surface area contributed by atoms with Gasteiger partial charge in [-0.2, -0.15) is 0 Å². The Labute approximate surface area is 136 Å². The van der Waals surface area contributed by atoms with E-state index >= 15 is 0 Å². The van der Waals surface area contributed by atoms with E-state index in [1.165, 1.54) is 0 Å². The molecule has 2 aromatic rings. The van der Waals surface area contributed by atoms with E-state index in [1.54, 1.807) is 6.08 Å². The van der Waals surface area contributed by atoms with Gasteiger partial charge in [-0.15, -0.1) is 0 Å². The van der Waals surface area contributed by atoms with Gasteiger partial charge < -0.3 is 15.4 Å². The van der Waals surface area contributed by atoms with Gasteiger partial charge in [0.15, 0.2) is 5.15 Å². The molecule has 1 heterocycles. The van der Waals surface area contributed by atoms with Crippen molar-refractivity contribution in [3.05, 3.63) is 58.8 Å². The Bertz CT molecular complexity index is 632. The molecule has 0 fully saturated rings. The predicted molar refractivity (Wildman–Crippen MR) is 91.3 cm³/mol. The van der Waals surface area contributed by atoms with Crippen LogP contribution < -0.4 is 5.73 Å². The van der Waals surface area contributed by atoms with Crippen LogP contribution in [-0.4, -0.2) is 14.7 Å². The lowest BCUT2D eigenvalue weighted by Crippen LogP contribution is -2.09. The number of aliphatic hydroxyl groups excluding tert-OH is 1. The molecule has 5 heteroatoms. The zero-order valence-corrected chi connectivity index (χ0v) is 13.6. The van der Waals surface area contributed by atoms with Crippen LogP contribution in [0.2, 0.25) is 5.15 Å². The number of halogens is 1. The number of aryl methyl sites for hydroxylation is 1. The van der Waals surface area contributed by atoms with E-state index in [4.69, 9.17) is 22.4 Å². The Morgan fingerprint density at radius 1 is 1.32 bits per heavy atom. The number of benzene rings is 1. The lowest BCUT2D eigenvalue weighted by Gasteiger charge is -2.11. The number of rotatable bonds is 7. The van der Waals surface area contributed by atoms with Crippen LogP contribution in [0.1, 0.15) is 36.8 Å². The van der Waals surface area contributed by atoms with Crippen LogP contribution in [0.15, 0.2) is 36.6 Å². The molecule has 1 aromatic heterocycles. The Hall–Kier alpha value is -1.94. The van der Waals surface area contributed by atoms with E-state index in [1.807, 2.05) is 24.3 Å². The summed E-state index contributed by atoms with van der Waals surface area (Å²) in [7, 11) is 0. The maximum Gasteiger partial charge on any atom is 0.150 e. The van der Waals surface area contributed by atoms with Crippen LogP contribution in [0.25, 0.3) is 0 Å². The molecule has 1 aromatic carbocycles. The molecule has 0 saturated carbocycles. The molecule has 0 aliphatic rings. The average Bonchev–Trinajstić information content (AvgIpc) is 2.80. The van der Waals surface area contributed by atoms with Gasteiger partial charge >= 0.3 is 0 Å². The third-order valence-electron chi connectivity index (χ3n) is 3.59. The zero-order valence-electron chi connectivity index (χ0n) is 12.8. The van der Waals surface area contributed by atoms with Gasteiger partial charge in [0.1, 0.15) is 5.82 Å². The summed E-state index contributed by atoms with van der Waals surface area (Å²) in [6.45, 7) is 2.86. The Morgan fingerprint density at radius 3 is 2.68 bits per heavy atom. The van der Waals surface area contributed by atoms with E-state index in [0.29, 0.717) is 18.1 Å². The van der Waals surface area contributed by atoms with Crippen molar-refractivity contribution in [1.29, 1.82) is 0 Å². The molecule has 0 saturated heterocycles. The van der Waals surface area contributed by atoms with E-state index in [2.05, 4.69) is 16.5 Å². The molecule has 0 aliphatic carbocycles. The Morgan fingerprint density at radius 2 is 2.05 bits per heavy atom. The third-order valence-corrected chi connectivity index (χ3v) is 3.90. The molecule has 0 unspecified atom stereocenters. The van der Waals surface area contributed by atoms with Crippen molar-refractivity contribution in [3.63, 3.8) is 0 Å². The van der Waals surface area contributed by atoms with Crippen molar-refractivity contribution >= 4 is 17.3 Å². The summed E-state index contributed by atoms with van der Waals surface area (Å²) in [6, 6.07) is 7.82. The first kappa shape index (κ1) is 16.4. The van der Waals surface area contributed by atoms with Gasteiger partial charge in [0.05, 0.1) is 12.0 Å². The highest BCUT2D eigenvalue weighted by atomic mass is 35.5. The number of nitrogens with zero attached hydrogens (tertiary/aromatic N) is 2. The van der Waals surface area contributed by atoms with Crippen molar-refractivity contribution < 1.29 is 5.11 Å². The molecule has 0 atom stereocenters. The van der Waals surface area contributed by atoms with Gasteiger partial charge in [0.25, 0.3) is 0 Å². The van der Waals surface area contributed by atoms with Crippen LogP contribution in [0, 0.1) is 0 Å². The number of hydrogen-bond donors (Lipinski definition) is 2. The SMILES string of the molecule is CCCCc1nc(Cl)c(C/C=C\O)n1Cc1ccc(N)cc1. The normalized spacial score (nSPS) is 11.4. The fraction of sp³-hybridized carbons (Fsp3) is 0.353. The predicted octanol–water partition coefficient (Wildman–Crippen LogP) is 4.12. The second-order valence-corrected chi connectivity index (χ2v) is 5.64. The van der Waals surface area contributed by atoms with Gasteiger partial charge in [-0.25, -0.2) is 4.98 Å². The average molecular weight is 320 g/mol. The molecule has 0 spiro atoms. The molecule has 4 nitrogen and oxygen atoms in total. The Kier molecular flexibility index (Phi) is 5.90. The monoisotopic (exact) mass is 319 g/mol. The largest absolute Gasteiger partial charge is 0.516 e. The number of aliphatic hydroxyl groups is 1. The minimum Gasteiger partial charge on any atom is -0.516 e. The van der Waals surface area contributed by atoms with Crippen molar-refractivity contribution in [2.24, 2.45) is 0 Å². The first-order valence-electron chi connectivity index (χ1n) is 7.53.